The lowest BCUT2D eigenvalue weighted by atomic mass is 10.1. The topological polar surface area (TPSA) is 83.6 Å². The van der Waals surface area contributed by atoms with Crippen LogP contribution in [0.3, 0.4) is 0 Å². The molecule has 0 saturated carbocycles. The van der Waals surface area contributed by atoms with Gasteiger partial charge in [0, 0.05) is 17.9 Å². The number of hydrogen-bond donors (Lipinski definition) is 1. The van der Waals surface area contributed by atoms with Crippen molar-refractivity contribution < 1.29 is 13.6 Å². The number of rotatable bonds is 5. The van der Waals surface area contributed by atoms with E-state index in [9.17, 15) is 9.18 Å². The van der Waals surface area contributed by atoms with Crippen molar-refractivity contribution in [3.05, 3.63) is 35.5 Å². The lowest BCUT2D eigenvalue weighted by Gasteiger charge is -2.07. The number of fused-ring (bicyclic) bond motifs is 1. The van der Waals surface area contributed by atoms with Crippen molar-refractivity contribution in [3.8, 4) is 0 Å². The smallest absolute Gasteiger partial charge is 0.276 e. The molecule has 126 valence electrons. The maximum absolute atomic E-state index is 13.6. The average molecular weight is 349 g/mol. The summed E-state index contributed by atoms with van der Waals surface area (Å²) in [5.41, 5.74) is 1.21. The SMILES string of the molecule is CN(C)CCSc1nnc(C2=NCC(=O)Nc3ccc(F)cc32)o1. The molecular formula is C15H16FN5O2S. The zero-order chi connectivity index (χ0) is 17.1. The van der Waals surface area contributed by atoms with Crippen LogP contribution >= 0.6 is 11.8 Å². The van der Waals surface area contributed by atoms with Gasteiger partial charge in [-0.1, -0.05) is 11.8 Å². The quantitative estimate of drug-likeness (QED) is 0.827. The van der Waals surface area contributed by atoms with Crippen LogP contribution in [0.25, 0.3) is 0 Å². The number of anilines is 1. The maximum Gasteiger partial charge on any atom is 0.276 e. The van der Waals surface area contributed by atoms with E-state index in [1.54, 1.807) is 0 Å². The van der Waals surface area contributed by atoms with Gasteiger partial charge in [-0.3, -0.25) is 9.79 Å². The number of nitrogens with zero attached hydrogens (tertiary/aromatic N) is 4. The second-order valence-corrected chi connectivity index (χ2v) is 6.47. The van der Waals surface area contributed by atoms with E-state index in [1.807, 2.05) is 14.1 Å². The summed E-state index contributed by atoms with van der Waals surface area (Å²) < 4.78 is 19.2. The Kier molecular flexibility index (Phi) is 4.91. The Labute approximate surface area is 142 Å². The molecule has 2 aromatic rings. The number of halogens is 1. The Bertz CT molecular complexity index is 790. The zero-order valence-electron chi connectivity index (χ0n) is 13.2. The molecule has 0 saturated heterocycles. The number of carbonyl (C=O) groups excluding carboxylic acids is 1. The van der Waals surface area contributed by atoms with E-state index in [0.29, 0.717) is 22.2 Å². The van der Waals surface area contributed by atoms with Gasteiger partial charge in [0.25, 0.3) is 11.1 Å². The Morgan fingerprint density at radius 1 is 1.38 bits per heavy atom. The zero-order valence-corrected chi connectivity index (χ0v) is 14.1. The van der Waals surface area contributed by atoms with Gasteiger partial charge < -0.3 is 14.6 Å². The minimum atomic E-state index is -0.433. The molecule has 1 aromatic heterocycles. The molecule has 0 fully saturated rings. The minimum absolute atomic E-state index is 0.0862. The third-order valence-corrected chi connectivity index (χ3v) is 4.06. The molecule has 3 rings (SSSR count). The normalized spacial score (nSPS) is 14.2. The molecule has 24 heavy (non-hydrogen) atoms. The van der Waals surface area contributed by atoms with E-state index in [2.05, 4.69) is 25.4 Å². The van der Waals surface area contributed by atoms with Crippen molar-refractivity contribution in [1.29, 1.82) is 0 Å². The molecule has 0 aliphatic carbocycles. The molecule has 0 spiro atoms. The lowest BCUT2D eigenvalue weighted by molar-refractivity contribution is -0.114. The maximum atomic E-state index is 13.6. The van der Waals surface area contributed by atoms with Gasteiger partial charge in [0.15, 0.2) is 0 Å². The summed E-state index contributed by atoms with van der Waals surface area (Å²) in [6.45, 7) is 0.785. The van der Waals surface area contributed by atoms with Gasteiger partial charge in [0.05, 0.1) is 5.69 Å². The van der Waals surface area contributed by atoms with Crippen molar-refractivity contribution >= 4 is 29.1 Å². The van der Waals surface area contributed by atoms with E-state index in [-0.39, 0.29) is 18.3 Å². The first-order chi connectivity index (χ1) is 11.5. The van der Waals surface area contributed by atoms with Gasteiger partial charge in [0.1, 0.15) is 18.1 Å². The summed E-state index contributed by atoms with van der Waals surface area (Å²) in [6.07, 6.45) is 0. The summed E-state index contributed by atoms with van der Waals surface area (Å²) >= 11 is 1.43. The number of amides is 1. The fourth-order valence-electron chi connectivity index (χ4n) is 2.11. The van der Waals surface area contributed by atoms with Crippen molar-refractivity contribution in [2.45, 2.75) is 5.22 Å². The standard InChI is InChI=1S/C15H16FN5O2S/c1-21(2)5-6-24-15-20-19-14(23-15)13-10-7-9(16)3-4-11(10)18-12(22)8-17-13/h3-4,7H,5-6,8H2,1-2H3,(H,18,22). The van der Waals surface area contributed by atoms with Gasteiger partial charge in [-0.25, -0.2) is 4.39 Å². The Hall–Kier alpha value is -2.26. The molecule has 2 heterocycles. The van der Waals surface area contributed by atoms with Crippen LogP contribution in [0, 0.1) is 5.82 Å². The third kappa shape index (κ3) is 3.80. The van der Waals surface area contributed by atoms with Crippen molar-refractivity contribution in [1.82, 2.24) is 15.1 Å². The molecule has 0 bridgehead atoms. The monoisotopic (exact) mass is 349 g/mol. The van der Waals surface area contributed by atoms with Gasteiger partial charge in [-0.2, -0.15) is 0 Å². The molecular weight excluding hydrogens is 333 g/mol. The van der Waals surface area contributed by atoms with Crippen LogP contribution < -0.4 is 5.32 Å². The van der Waals surface area contributed by atoms with Crippen LogP contribution in [-0.2, 0) is 4.79 Å². The molecule has 0 unspecified atom stereocenters. The van der Waals surface area contributed by atoms with Crippen molar-refractivity contribution in [3.63, 3.8) is 0 Å². The summed E-state index contributed by atoms with van der Waals surface area (Å²) in [4.78, 5) is 18.0. The highest BCUT2D eigenvalue weighted by atomic mass is 32.2. The van der Waals surface area contributed by atoms with Crippen molar-refractivity contribution in [2.24, 2.45) is 4.99 Å². The van der Waals surface area contributed by atoms with E-state index in [4.69, 9.17) is 4.42 Å². The van der Waals surface area contributed by atoms with Gasteiger partial charge in [-0.15, -0.1) is 10.2 Å². The number of aliphatic imine (C=N–C) groups is 1. The second kappa shape index (κ2) is 7.10. The number of benzene rings is 1. The number of benzodiazepines with no additional fused rings is 1. The van der Waals surface area contributed by atoms with Crippen LogP contribution in [0.5, 0.6) is 0 Å². The molecule has 9 heteroatoms. The van der Waals surface area contributed by atoms with Crippen molar-refractivity contribution in [2.75, 3.05) is 38.3 Å². The second-order valence-electron chi connectivity index (χ2n) is 5.43. The largest absolute Gasteiger partial charge is 0.410 e. The van der Waals surface area contributed by atoms with E-state index < -0.39 is 5.82 Å². The fraction of sp³-hybridized carbons (Fsp3) is 0.333. The minimum Gasteiger partial charge on any atom is -0.410 e. The third-order valence-electron chi connectivity index (χ3n) is 3.26. The highest BCUT2D eigenvalue weighted by Crippen LogP contribution is 2.25. The van der Waals surface area contributed by atoms with Crippen LogP contribution in [0.1, 0.15) is 11.5 Å². The molecule has 7 nitrogen and oxygen atoms in total. The predicted molar refractivity (Wildman–Crippen MR) is 89.1 cm³/mol. The lowest BCUT2D eigenvalue weighted by Crippen LogP contribution is -2.14. The van der Waals surface area contributed by atoms with E-state index >= 15 is 0 Å². The fourth-order valence-corrected chi connectivity index (χ4v) is 2.98. The molecule has 1 aliphatic heterocycles. The van der Waals surface area contributed by atoms with Gasteiger partial charge >= 0.3 is 0 Å². The summed E-state index contributed by atoms with van der Waals surface area (Å²) in [5.74, 6) is 0.258. The number of carbonyl (C=O) groups is 1. The van der Waals surface area contributed by atoms with Crippen LogP contribution in [-0.4, -0.2) is 59.7 Å². The van der Waals surface area contributed by atoms with Gasteiger partial charge in [-0.05, 0) is 32.3 Å². The molecule has 1 amide bonds. The summed E-state index contributed by atoms with van der Waals surface area (Å²) in [7, 11) is 3.96. The highest BCUT2D eigenvalue weighted by molar-refractivity contribution is 7.99. The highest BCUT2D eigenvalue weighted by Gasteiger charge is 2.23. The van der Waals surface area contributed by atoms with Crippen LogP contribution in [0.4, 0.5) is 10.1 Å². The number of aromatic nitrogens is 2. The Balaban J connectivity index is 1.87. The molecule has 1 aromatic carbocycles. The molecule has 1 N–H and O–H groups in total. The van der Waals surface area contributed by atoms with E-state index in [1.165, 1.54) is 30.0 Å². The predicted octanol–water partition coefficient (Wildman–Crippen LogP) is 1.65. The summed E-state index contributed by atoms with van der Waals surface area (Å²) in [6, 6.07) is 4.06. The Morgan fingerprint density at radius 3 is 3.00 bits per heavy atom. The average Bonchev–Trinajstić information content (AvgIpc) is 2.91. The first-order valence-corrected chi connectivity index (χ1v) is 8.27. The van der Waals surface area contributed by atoms with Crippen LogP contribution in [0.15, 0.2) is 32.8 Å². The summed E-state index contributed by atoms with van der Waals surface area (Å²) in [5, 5.41) is 11.1. The molecule has 0 radical (unpaired) electrons. The number of thioether (sulfide) groups is 1. The van der Waals surface area contributed by atoms with Crippen LogP contribution in [0.2, 0.25) is 0 Å². The number of hydrogen-bond acceptors (Lipinski definition) is 7. The first-order valence-electron chi connectivity index (χ1n) is 7.28. The Morgan fingerprint density at radius 2 is 2.21 bits per heavy atom. The van der Waals surface area contributed by atoms with E-state index in [0.717, 1.165) is 12.3 Å². The van der Waals surface area contributed by atoms with Gasteiger partial charge in [0.2, 0.25) is 5.91 Å². The molecule has 1 aliphatic rings. The molecule has 0 atom stereocenters. The number of nitrogens with one attached hydrogen (secondary N) is 1. The first kappa shape index (κ1) is 16.6.